The first-order valence-corrected chi connectivity index (χ1v) is 10.0. The number of aliphatic hydroxyl groups is 4. The van der Waals surface area contributed by atoms with Crippen LogP contribution in [0.3, 0.4) is 0 Å². The average molecular weight is 444 g/mol. The molecule has 0 bridgehead atoms. The molecule has 0 saturated heterocycles. The number of primary amides is 1. The van der Waals surface area contributed by atoms with Gasteiger partial charge < -0.3 is 31.3 Å². The summed E-state index contributed by atoms with van der Waals surface area (Å²) in [5.74, 6) is -8.87. The smallest absolute Gasteiger partial charge is 0.255 e. The third-order valence-corrected chi connectivity index (χ3v) is 6.99. The van der Waals surface area contributed by atoms with E-state index in [9.17, 15) is 39.9 Å². The van der Waals surface area contributed by atoms with Crippen molar-refractivity contribution in [1.29, 1.82) is 0 Å². The lowest BCUT2D eigenvalue weighted by molar-refractivity contribution is -0.169. The van der Waals surface area contributed by atoms with Crippen LogP contribution in [0.5, 0.6) is 5.75 Å². The lowest BCUT2D eigenvalue weighted by Gasteiger charge is -2.53. The number of carbonyl (C=O) groups excluding carboxylic acids is 3. The Kier molecular flexibility index (Phi) is 4.74. The zero-order valence-corrected chi connectivity index (χ0v) is 17.6. The number of aliphatic hydroxyl groups excluding tert-OH is 3. The van der Waals surface area contributed by atoms with E-state index in [4.69, 9.17) is 5.73 Å². The van der Waals surface area contributed by atoms with Crippen molar-refractivity contribution < 1.29 is 39.9 Å². The summed E-state index contributed by atoms with van der Waals surface area (Å²) in [4.78, 5) is 40.0. The number of hydrogen-bond donors (Lipinski definition) is 6. The molecule has 1 aromatic rings. The molecule has 3 aliphatic rings. The Balaban J connectivity index is 2.07. The number of phenols is 1. The fourth-order valence-corrected chi connectivity index (χ4v) is 5.58. The number of carbonyl (C=O) groups is 3. The number of Topliss-reactive ketones (excluding diaryl/α,β-unsaturated/α-hetero) is 2. The van der Waals surface area contributed by atoms with Crippen molar-refractivity contribution in [1.82, 2.24) is 4.90 Å². The van der Waals surface area contributed by atoms with Crippen LogP contribution in [0.1, 0.15) is 24.0 Å². The summed E-state index contributed by atoms with van der Waals surface area (Å²) in [5.41, 5.74) is 1.47. The Hall–Kier alpha value is -3.21. The fourth-order valence-electron chi connectivity index (χ4n) is 5.58. The Labute approximate surface area is 182 Å². The zero-order valence-electron chi connectivity index (χ0n) is 17.6. The van der Waals surface area contributed by atoms with E-state index in [0.717, 1.165) is 0 Å². The third-order valence-electron chi connectivity index (χ3n) is 6.99. The molecule has 1 fully saturated rings. The molecular weight excluding hydrogens is 420 g/mol. The maximum absolute atomic E-state index is 13.7. The van der Waals surface area contributed by atoms with E-state index in [1.807, 2.05) is 0 Å². The number of nitrogens with two attached hydrogens (primary N) is 1. The maximum Gasteiger partial charge on any atom is 0.255 e. The number of nitrogens with zero attached hydrogens (tertiary/aromatic N) is 1. The zero-order chi connectivity index (χ0) is 23.9. The number of likely N-dealkylation sites (N-methyl/N-ethyl adjacent to an activating group) is 1. The predicted octanol–water partition coefficient (Wildman–Crippen LogP) is -0.504. The number of amides is 1. The van der Waals surface area contributed by atoms with Crippen molar-refractivity contribution >= 4 is 23.2 Å². The summed E-state index contributed by atoms with van der Waals surface area (Å²) in [6.07, 6.45) is -1.59. The molecule has 170 valence electrons. The predicted molar refractivity (Wildman–Crippen MR) is 110 cm³/mol. The van der Waals surface area contributed by atoms with E-state index in [1.54, 1.807) is 19.1 Å². The summed E-state index contributed by atoms with van der Waals surface area (Å²) in [7, 11) is 2.92. The van der Waals surface area contributed by atoms with E-state index in [0.29, 0.717) is 5.56 Å². The molecule has 0 unspecified atom stereocenters. The molecule has 0 aromatic heterocycles. The second-order valence-corrected chi connectivity index (χ2v) is 8.79. The van der Waals surface area contributed by atoms with Gasteiger partial charge in [0.25, 0.3) is 5.91 Å². The van der Waals surface area contributed by atoms with Crippen LogP contribution in [0, 0.1) is 11.8 Å². The van der Waals surface area contributed by atoms with Crippen LogP contribution in [0.15, 0.2) is 35.1 Å². The normalized spacial score (nSPS) is 34.4. The number of fused-ring (bicyclic) bond motifs is 3. The quantitative estimate of drug-likeness (QED) is 0.327. The van der Waals surface area contributed by atoms with Crippen LogP contribution in [-0.4, -0.2) is 79.7 Å². The van der Waals surface area contributed by atoms with Crippen LogP contribution in [-0.2, 0) is 14.4 Å². The largest absolute Gasteiger partial charge is 0.508 e. The van der Waals surface area contributed by atoms with Gasteiger partial charge in [-0.05, 0) is 31.6 Å². The van der Waals surface area contributed by atoms with Gasteiger partial charge in [0.2, 0.25) is 5.78 Å². The van der Waals surface area contributed by atoms with E-state index < -0.39 is 75.6 Å². The molecule has 0 aliphatic heterocycles. The van der Waals surface area contributed by atoms with Crippen LogP contribution >= 0.6 is 0 Å². The number of phenolic OH excluding ortho intramolecular Hbond substituents is 1. The summed E-state index contributed by atoms with van der Waals surface area (Å²) >= 11 is 0. The molecule has 32 heavy (non-hydrogen) atoms. The first-order chi connectivity index (χ1) is 14.9. The molecule has 1 aromatic carbocycles. The molecule has 10 heteroatoms. The van der Waals surface area contributed by atoms with Crippen LogP contribution in [0.2, 0.25) is 0 Å². The Morgan fingerprint density at radius 2 is 1.78 bits per heavy atom. The monoisotopic (exact) mass is 444 g/mol. The highest BCUT2D eigenvalue weighted by molar-refractivity contribution is 6.24. The van der Waals surface area contributed by atoms with Gasteiger partial charge in [-0.25, -0.2) is 0 Å². The van der Waals surface area contributed by atoms with Crippen LogP contribution < -0.4 is 5.73 Å². The minimum absolute atomic E-state index is 0.0245. The van der Waals surface area contributed by atoms with Crippen LogP contribution in [0.25, 0.3) is 5.76 Å². The van der Waals surface area contributed by atoms with Crippen LogP contribution in [0.4, 0.5) is 0 Å². The molecule has 7 N–H and O–H groups in total. The number of aromatic hydroxyl groups is 1. The summed E-state index contributed by atoms with van der Waals surface area (Å²) in [6.45, 7) is 1.68. The molecule has 0 spiro atoms. The van der Waals surface area contributed by atoms with Gasteiger partial charge in [0, 0.05) is 11.5 Å². The van der Waals surface area contributed by atoms with Crippen molar-refractivity contribution in [3.05, 3.63) is 46.2 Å². The molecule has 4 rings (SSSR count). The van der Waals surface area contributed by atoms with Crippen molar-refractivity contribution in [3.63, 3.8) is 0 Å². The molecule has 6 atom stereocenters. The van der Waals surface area contributed by atoms with Gasteiger partial charge in [0.1, 0.15) is 22.8 Å². The number of rotatable bonds is 2. The maximum atomic E-state index is 13.7. The SMILES string of the molecule is C[C@H]1c2cccc(O)c2C(O)=C2C(=O)[C@]3(O)C(O)=C(C(N)=O)C(=O)[C@@H](N(C)C)[C@@H]3[C@H](O)[C@H]21. The second-order valence-electron chi connectivity index (χ2n) is 8.79. The van der Waals surface area contributed by atoms with Gasteiger partial charge in [0.05, 0.1) is 23.6 Å². The van der Waals surface area contributed by atoms with E-state index in [1.165, 1.54) is 25.1 Å². The van der Waals surface area contributed by atoms with Crippen molar-refractivity contribution in [2.45, 2.75) is 30.6 Å². The first kappa shape index (κ1) is 22.0. The number of hydrogen-bond acceptors (Lipinski definition) is 9. The van der Waals surface area contributed by atoms with Gasteiger partial charge in [0.15, 0.2) is 11.4 Å². The topological polar surface area (TPSA) is 182 Å². The van der Waals surface area contributed by atoms with Gasteiger partial charge in [-0.3, -0.25) is 19.3 Å². The molecule has 10 nitrogen and oxygen atoms in total. The highest BCUT2D eigenvalue weighted by Gasteiger charge is 2.68. The summed E-state index contributed by atoms with van der Waals surface area (Å²) < 4.78 is 0. The van der Waals surface area contributed by atoms with E-state index >= 15 is 0 Å². The molecule has 1 amide bonds. The number of benzene rings is 1. The van der Waals surface area contributed by atoms with Gasteiger partial charge in [-0.1, -0.05) is 19.1 Å². The highest BCUT2D eigenvalue weighted by atomic mass is 16.4. The van der Waals surface area contributed by atoms with Gasteiger partial charge in [-0.15, -0.1) is 0 Å². The first-order valence-electron chi connectivity index (χ1n) is 10.0. The molecule has 3 aliphatic carbocycles. The van der Waals surface area contributed by atoms with E-state index in [2.05, 4.69) is 0 Å². The molecule has 0 heterocycles. The van der Waals surface area contributed by atoms with Crippen molar-refractivity contribution in [3.8, 4) is 5.75 Å². The fraction of sp³-hybridized carbons (Fsp3) is 0.409. The minimum atomic E-state index is -2.89. The second kappa shape index (κ2) is 6.89. The highest BCUT2D eigenvalue weighted by Crippen LogP contribution is 2.55. The molecular formula is C22H24N2O8. The van der Waals surface area contributed by atoms with Gasteiger partial charge in [-0.2, -0.15) is 0 Å². The Morgan fingerprint density at radius 1 is 1.16 bits per heavy atom. The third kappa shape index (κ3) is 2.48. The standard InChI is InChI=1S/C22H24N2O8/c1-7-8-5-4-6-9(25)11(8)16(26)12-10(7)17(27)14-15(24(2)3)18(28)13(21(23)31)20(30)22(14,32)19(12)29/h4-7,10,14-15,17,25-27,30,32H,1-3H3,(H2,23,31)/t7-,10-,14+,15-,17+,22-/m0/s1. The average Bonchev–Trinajstić information content (AvgIpc) is 2.70. The minimum Gasteiger partial charge on any atom is -0.508 e. The molecule has 1 saturated carbocycles. The van der Waals surface area contributed by atoms with Crippen molar-refractivity contribution in [2.24, 2.45) is 17.6 Å². The lowest BCUT2D eigenvalue weighted by atomic mass is 9.54. The number of ketones is 2. The Bertz CT molecular complexity index is 1140. The van der Waals surface area contributed by atoms with Crippen molar-refractivity contribution in [2.75, 3.05) is 14.1 Å². The van der Waals surface area contributed by atoms with E-state index in [-0.39, 0.29) is 11.3 Å². The summed E-state index contributed by atoms with van der Waals surface area (Å²) in [5, 5.41) is 54.9. The molecule has 0 radical (unpaired) electrons. The Morgan fingerprint density at radius 3 is 2.34 bits per heavy atom. The lowest BCUT2D eigenvalue weighted by Crippen LogP contribution is -2.70. The summed E-state index contributed by atoms with van der Waals surface area (Å²) in [6, 6.07) is 3.13. The van der Waals surface area contributed by atoms with Gasteiger partial charge >= 0.3 is 0 Å².